The van der Waals surface area contributed by atoms with Gasteiger partial charge in [-0.05, 0) is 13.8 Å². The minimum Gasteiger partial charge on any atom is -0.298 e. The molecule has 0 N–H and O–H groups in total. The maximum Gasteiger partial charge on any atom is 0.274 e. The molecule has 0 radical (unpaired) electrons. The number of aldehydes is 1. The Morgan fingerprint density at radius 2 is 2.05 bits per heavy atom. The molecule has 0 fully saturated rings. The lowest BCUT2D eigenvalue weighted by Crippen LogP contribution is -2.06. The number of carbonyl (C=O) groups is 1. The van der Waals surface area contributed by atoms with E-state index >= 15 is 0 Å². The standard InChI is InChI=1S/C13H13N3O3/c1-9-12(8-17)10(2)15(14-9)7-11-5-3-4-6-13(11)16(18)19/h3-6,8H,7H2,1-2H3. The molecule has 1 aromatic carbocycles. The van der Waals surface area contributed by atoms with Crippen LogP contribution in [0.1, 0.15) is 27.3 Å². The molecule has 0 unspecified atom stereocenters. The van der Waals surface area contributed by atoms with Gasteiger partial charge in [-0.2, -0.15) is 5.10 Å². The van der Waals surface area contributed by atoms with E-state index in [0.717, 1.165) is 6.29 Å². The molecule has 6 nitrogen and oxygen atoms in total. The summed E-state index contributed by atoms with van der Waals surface area (Å²) in [6.45, 7) is 3.79. The third-order valence-electron chi connectivity index (χ3n) is 3.06. The maximum atomic E-state index is 10.9. The molecule has 0 atom stereocenters. The Bertz CT molecular complexity index is 647. The smallest absolute Gasteiger partial charge is 0.274 e. The second-order valence-electron chi connectivity index (χ2n) is 4.25. The van der Waals surface area contributed by atoms with E-state index in [1.807, 2.05) is 0 Å². The van der Waals surface area contributed by atoms with Crippen molar-refractivity contribution in [2.75, 3.05) is 0 Å². The first-order valence-electron chi connectivity index (χ1n) is 5.76. The fourth-order valence-corrected chi connectivity index (χ4v) is 2.02. The van der Waals surface area contributed by atoms with Crippen LogP contribution in [0.4, 0.5) is 5.69 Å². The van der Waals surface area contributed by atoms with Crippen molar-refractivity contribution in [2.24, 2.45) is 0 Å². The van der Waals surface area contributed by atoms with Crippen LogP contribution < -0.4 is 0 Å². The van der Waals surface area contributed by atoms with Gasteiger partial charge in [-0.3, -0.25) is 19.6 Å². The molecule has 2 aromatic rings. The molecule has 0 aliphatic rings. The number of rotatable bonds is 4. The topological polar surface area (TPSA) is 78.0 Å². The number of nitrogens with zero attached hydrogens (tertiary/aromatic N) is 3. The average molecular weight is 259 g/mol. The summed E-state index contributed by atoms with van der Waals surface area (Å²) in [5.41, 5.74) is 2.51. The van der Waals surface area contributed by atoms with Gasteiger partial charge in [0.25, 0.3) is 5.69 Å². The van der Waals surface area contributed by atoms with E-state index in [-0.39, 0.29) is 12.2 Å². The first-order valence-corrected chi connectivity index (χ1v) is 5.76. The Morgan fingerprint density at radius 3 is 2.63 bits per heavy atom. The number of carbonyl (C=O) groups excluding carboxylic acids is 1. The second-order valence-corrected chi connectivity index (χ2v) is 4.25. The molecule has 19 heavy (non-hydrogen) atoms. The number of aryl methyl sites for hydroxylation is 1. The number of para-hydroxylation sites is 1. The summed E-state index contributed by atoms with van der Waals surface area (Å²) in [6, 6.07) is 6.52. The van der Waals surface area contributed by atoms with Crippen molar-refractivity contribution in [1.82, 2.24) is 9.78 Å². The molecule has 0 amide bonds. The molecule has 0 saturated heterocycles. The zero-order valence-corrected chi connectivity index (χ0v) is 10.7. The lowest BCUT2D eigenvalue weighted by Gasteiger charge is -2.05. The zero-order valence-electron chi connectivity index (χ0n) is 10.7. The SMILES string of the molecule is Cc1nn(Cc2ccccc2[N+](=O)[O-])c(C)c1C=O. The van der Waals surface area contributed by atoms with E-state index in [1.165, 1.54) is 6.07 Å². The van der Waals surface area contributed by atoms with Gasteiger partial charge < -0.3 is 0 Å². The Balaban J connectivity index is 2.42. The van der Waals surface area contributed by atoms with Crippen LogP contribution in [0.5, 0.6) is 0 Å². The molecule has 1 heterocycles. The predicted molar refractivity (Wildman–Crippen MR) is 69.3 cm³/mol. The van der Waals surface area contributed by atoms with E-state index in [0.29, 0.717) is 22.5 Å². The first-order chi connectivity index (χ1) is 9.04. The Morgan fingerprint density at radius 1 is 1.37 bits per heavy atom. The van der Waals surface area contributed by atoms with Crippen molar-refractivity contribution < 1.29 is 9.72 Å². The largest absolute Gasteiger partial charge is 0.298 e. The lowest BCUT2D eigenvalue weighted by molar-refractivity contribution is -0.385. The van der Waals surface area contributed by atoms with Crippen molar-refractivity contribution in [3.05, 3.63) is 56.9 Å². The molecule has 0 saturated carbocycles. The summed E-state index contributed by atoms with van der Waals surface area (Å²) in [4.78, 5) is 21.5. The van der Waals surface area contributed by atoms with Crippen LogP contribution in [0.15, 0.2) is 24.3 Å². The summed E-state index contributed by atoms with van der Waals surface area (Å²) < 4.78 is 1.61. The van der Waals surface area contributed by atoms with E-state index in [9.17, 15) is 14.9 Å². The zero-order chi connectivity index (χ0) is 14.0. The van der Waals surface area contributed by atoms with Crippen LogP contribution in [-0.2, 0) is 6.54 Å². The summed E-state index contributed by atoms with van der Waals surface area (Å²) in [6.07, 6.45) is 0.758. The fourth-order valence-electron chi connectivity index (χ4n) is 2.02. The van der Waals surface area contributed by atoms with E-state index in [4.69, 9.17) is 0 Å². The molecule has 6 heteroatoms. The highest BCUT2D eigenvalue weighted by Crippen LogP contribution is 2.20. The van der Waals surface area contributed by atoms with Gasteiger partial charge in [-0.1, -0.05) is 18.2 Å². The average Bonchev–Trinajstić information content (AvgIpc) is 2.64. The van der Waals surface area contributed by atoms with Crippen LogP contribution in [0.25, 0.3) is 0 Å². The van der Waals surface area contributed by atoms with Crippen molar-refractivity contribution >= 4 is 12.0 Å². The van der Waals surface area contributed by atoms with Gasteiger partial charge in [0, 0.05) is 11.8 Å². The summed E-state index contributed by atoms with van der Waals surface area (Å²) >= 11 is 0. The first kappa shape index (κ1) is 12.9. The molecule has 0 bridgehead atoms. The highest BCUT2D eigenvalue weighted by molar-refractivity contribution is 5.78. The molecule has 2 rings (SSSR count). The molecular formula is C13H13N3O3. The summed E-state index contributed by atoms with van der Waals surface area (Å²) in [7, 11) is 0. The molecule has 0 aliphatic heterocycles. The van der Waals surface area contributed by atoms with Crippen LogP contribution in [0.3, 0.4) is 0 Å². The van der Waals surface area contributed by atoms with Gasteiger partial charge in [0.2, 0.25) is 0 Å². The van der Waals surface area contributed by atoms with E-state index < -0.39 is 4.92 Å². The molecule has 0 spiro atoms. The number of hydrogen-bond acceptors (Lipinski definition) is 4. The number of aromatic nitrogens is 2. The molecule has 1 aromatic heterocycles. The van der Waals surface area contributed by atoms with Crippen molar-refractivity contribution in [3.63, 3.8) is 0 Å². The molecular weight excluding hydrogens is 246 g/mol. The third-order valence-corrected chi connectivity index (χ3v) is 3.06. The quantitative estimate of drug-likeness (QED) is 0.479. The van der Waals surface area contributed by atoms with Crippen LogP contribution in [-0.4, -0.2) is 21.0 Å². The van der Waals surface area contributed by atoms with Crippen LogP contribution in [0.2, 0.25) is 0 Å². The number of nitro benzene ring substituents is 1. The normalized spacial score (nSPS) is 10.4. The van der Waals surface area contributed by atoms with Crippen molar-refractivity contribution in [2.45, 2.75) is 20.4 Å². The fraction of sp³-hybridized carbons (Fsp3) is 0.231. The highest BCUT2D eigenvalue weighted by atomic mass is 16.6. The van der Waals surface area contributed by atoms with Gasteiger partial charge in [-0.15, -0.1) is 0 Å². The van der Waals surface area contributed by atoms with Gasteiger partial charge >= 0.3 is 0 Å². The number of nitro groups is 1. The number of hydrogen-bond donors (Lipinski definition) is 0. The minimum absolute atomic E-state index is 0.0581. The number of benzene rings is 1. The monoisotopic (exact) mass is 259 g/mol. The Hall–Kier alpha value is -2.50. The van der Waals surface area contributed by atoms with Gasteiger partial charge in [0.05, 0.1) is 28.3 Å². The Kier molecular flexibility index (Phi) is 3.41. The van der Waals surface area contributed by atoms with Crippen molar-refractivity contribution in [1.29, 1.82) is 0 Å². The minimum atomic E-state index is -0.415. The van der Waals surface area contributed by atoms with Crippen LogP contribution in [0, 0.1) is 24.0 Å². The van der Waals surface area contributed by atoms with E-state index in [2.05, 4.69) is 5.10 Å². The van der Waals surface area contributed by atoms with Gasteiger partial charge in [-0.25, -0.2) is 0 Å². The maximum absolute atomic E-state index is 10.9. The molecule has 0 aliphatic carbocycles. The van der Waals surface area contributed by atoms with Gasteiger partial charge in [0.1, 0.15) is 0 Å². The third kappa shape index (κ3) is 2.37. The van der Waals surface area contributed by atoms with Gasteiger partial charge in [0.15, 0.2) is 6.29 Å². The van der Waals surface area contributed by atoms with Crippen LogP contribution >= 0.6 is 0 Å². The highest BCUT2D eigenvalue weighted by Gasteiger charge is 2.16. The van der Waals surface area contributed by atoms with E-state index in [1.54, 1.807) is 36.7 Å². The van der Waals surface area contributed by atoms with Crippen molar-refractivity contribution in [3.8, 4) is 0 Å². The lowest BCUT2D eigenvalue weighted by atomic mass is 10.1. The second kappa shape index (κ2) is 5.01. The Labute approximate surface area is 109 Å². The predicted octanol–water partition coefficient (Wildman–Crippen LogP) is 2.27. The summed E-state index contributed by atoms with van der Waals surface area (Å²) in [5, 5.41) is 15.2. The molecule has 98 valence electrons. The summed E-state index contributed by atoms with van der Waals surface area (Å²) in [5.74, 6) is 0.